The Morgan fingerprint density at radius 2 is 1.52 bits per heavy atom. The fraction of sp³-hybridized carbons (Fsp3) is 0.400. The summed E-state index contributed by atoms with van der Waals surface area (Å²) in [6.07, 6.45) is 0. The topological polar surface area (TPSA) is 106 Å². The number of halogens is 3. The maximum atomic E-state index is 14.8. The molecule has 0 radical (unpaired) electrons. The smallest absolute Gasteiger partial charge is 0.326 e. The molecule has 48 heavy (non-hydrogen) atoms. The number of sulfonamides is 1. The average molecular weight is 733 g/mol. The molecule has 0 aliphatic carbocycles. The van der Waals surface area contributed by atoms with Gasteiger partial charge in [0.2, 0.25) is 10.0 Å². The Labute approximate surface area is 298 Å². The van der Waals surface area contributed by atoms with Gasteiger partial charge in [-0.25, -0.2) is 13.2 Å². The number of rotatable bonds is 8. The normalized spacial score (nSPS) is 18.6. The molecule has 0 N–H and O–H groups in total. The number of piperazine rings is 1. The van der Waals surface area contributed by atoms with Gasteiger partial charge in [0.05, 0.1) is 35.4 Å². The van der Waals surface area contributed by atoms with Gasteiger partial charge in [0.25, 0.3) is 0 Å². The third kappa shape index (κ3) is 7.46. The van der Waals surface area contributed by atoms with Crippen molar-refractivity contribution in [3.05, 3.63) is 98.0 Å². The minimum absolute atomic E-state index is 0. The Morgan fingerprint density at radius 1 is 0.958 bits per heavy atom. The van der Waals surface area contributed by atoms with Crippen LogP contribution in [0.5, 0.6) is 5.75 Å². The standard InChI is InChI=1S/C34H36Cl3N5O4S.CH4/c1-5-46-29-20-27(34(3,4)21-38)28(37)19-26(29)32-39-30(22-7-11-24(35)12-8-22)31(23-9-13-25(36)14-10-23)42(32)33(43)40-15-17-41(18-16-40)47(44,45)6-2;/h7-14,19-20,30-31H,5-6,15-18H2,1-4H3;1H4/t30-,31+;/m0./s1. The Balaban J connectivity index is 0.00000520. The van der Waals surface area contributed by atoms with E-state index in [9.17, 15) is 18.5 Å². The molecule has 2 heterocycles. The molecule has 2 aliphatic rings. The largest absolute Gasteiger partial charge is 0.493 e. The quantitative estimate of drug-likeness (QED) is 0.233. The summed E-state index contributed by atoms with van der Waals surface area (Å²) in [5.74, 6) is 0.757. The van der Waals surface area contributed by atoms with Crippen molar-refractivity contribution in [2.75, 3.05) is 38.5 Å². The zero-order valence-corrected chi connectivity index (χ0v) is 29.7. The Morgan fingerprint density at radius 3 is 2.04 bits per heavy atom. The summed E-state index contributed by atoms with van der Waals surface area (Å²) in [5, 5.41) is 11.3. The summed E-state index contributed by atoms with van der Waals surface area (Å²) in [5.41, 5.74) is 1.78. The molecular weight excluding hydrogens is 693 g/mol. The lowest BCUT2D eigenvalue weighted by Crippen LogP contribution is -2.55. The first kappa shape index (κ1) is 37.5. The molecule has 3 aromatic rings. The number of ether oxygens (including phenoxy) is 1. The number of nitriles is 1. The van der Waals surface area contributed by atoms with E-state index in [1.54, 1.807) is 67.0 Å². The van der Waals surface area contributed by atoms with E-state index in [2.05, 4.69) is 6.07 Å². The van der Waals surface area contributed by atoms with Crippen molar-refractivity contribution >= 4 is 56.7 Å². The van der Waals surface area contributed by atoms with E-state index < -0.39 is 27.5 Å². The number of carbonyl (C=O) groups is 1. The lowest BCUT2D eigenvalue weighted by Gasteiger charge is -2.38. The number of aliphatic imine (C=N–C) groups is 1. The molecule has 1 fully saturated rings. The molecule has 9 nitrogen and oxygen atoms in total. The third-order valence-electron chi connectivity index (χ3n) is 8.53. The average Bonchev–Trinajstić information content (AvgIpc) is 3.46. The van der Waals surface area contributed by atoms with Crippen molar-refractivity contribution in [2.24, 2.45) is 4.99 Å². The van der Waals surface area contributed by atoms with Gasteiger partial charge in [0.1, 0.15) is 17.6 Å². The van der Waals surface area contributed by atoms with E-state index in [1.165, 1.54) is 4.31 Å². The fourth-order valence-corrected chi connectivity index (χ4v) is 7.63. The molecule has 2 aliphatic heterocycles. The molecule has 256 valence electrons. The van der Waals surface area contributed by atoms with E-state index in [-0.39, 0.29) is 45.4 Å². The van der Waals surface area contributed by atoms with Crippen molar-refractivity contribution in [2.45, 2.75) is 52.6 Å². The van der Waals surface area contributed by atoms with Crippen LogP contribution in [0.25, 0.3) is 0 Å². The van der Waals surface area contributed by atoms with Gasteiger partial charge < -0.3 is 9.64 Å². The van der Waals surface area contributed by atoms with Crippen molar-refractivity contribution < 1.29 is 17.9 Å². The first-order chi connectivity index (χ1) is 22.3. The van der Waals surface area contributed by atoms with Gasteiger partial charge in [-0.05, 0) is 80.8 Å². The number of nitrogens with zero attached hydrogens (tertiary/aromatic N) is 5. The monoisotopic (exact) mass is 731 g/mol. The summed E-state index contributed by atoms with van der Waals surface area (Å²) in [6, 6.07) is 18.9. The second kappa shape index (κ2) is 15.1. The van der Waals surface area contributed by atoms with Crippen LogP contribution >= 0.6 is 34.8 Å². The highest BCUT2D eigenvalue weighted by Gasteiger charge is 2.45. The van der Waals surface area contributed by atoms with Gasteiger partial charge in [-0.1, -0.05) is 66.5 Å². The van der Waals surface area contributed by atoms with Crippen LogP contribution in [0.4, 0.5) is 4.79 Å². The fourth-order valence-electron chi connectivity index (χ4n) is 5.89. The van der Waals surface area contributed by atoms with Gasteiger partial charge in [-0.2, -0.15) is 9.57 Å². The third-order valence-corrected chi connectivity index (χ3v) is 11.2. The summed E-state index contributed by atoms with van der Waals surface area (Å²) in [7, 11) is -3.40. The highest BCUT2D eigenvalue weighted by Crippen LogP contribution is 2.46. The van der Waals surface area contributed by atoms with Crippen molar-refractivity contribution in [3.8, 4) is 11.8 Å². The minimum Gasteiger partial charge on any atom is -0.493 e. The van der Waals surface area contributed by atoms with Crippen LogP contribution in [0.2, 0.25) is 15.1 Å². The summed E-state index contributed by atoms with van der Waals surface area (Å²) < 4.78 is 32.7. The van der Waals surface area contributed by atoms with E-state index in [4.69, 9.17) is 44.5 Å². The number of amides is 2. The van der Waals surface area contributed by atoms with E-state index in [1.807, 2.05) is 31.2 Å². The number of amidine groups is 1. The molecule has 5 rings (SSSR count). The second-order valence-electron chi connectivity index (χ2n) is 11.9. The number of hydrogen-bond donors (Lipinski definition) is 0. The van der Waals surface area contributed by atoms with Crippen LogP contribution in [-0.2, 0) is 15.4 Å². The number of hydrogen-bond acceptors (Lipinski definition) is 6. The molecule has 0 bridgehead atoms. The van der Waals surface area contributed by atoms with Crippen molar-refractivity contribution in [1.29, 1.82) is 5.26 Å². The Bertz CT molecular complexity index is 1820. The zero-order chi connectivity index (χ0) is 34.1. The molecule has 2 amide bonds. The summed E-state index contributed by atoms with van der Waals surface area (Å²) in [4.78, 5) is 23.3. The SMILES string of the molecule is C.CCOc1cc(C(C)(C)C#N)c(Cl)cc1C1=N[C@@H](c2ccc(Cl)cc2)[C@@H](c2ccc(Cl)cc2)N1C(=O)N1CCN(S(=O)(=O)CC)CC1. The summed E-state index contributed by atoms with van der Waals surface area (Å²) in [6.45, 7) is 8.10. The van der Waals surface area contributed by atoms with Gasteiger partial charge in [-0.15, -0.1) is 0 Å². The predicted octanol–water partition coefficient (Wildman–Crippen LogP) is 8.11. The molecule has 13 heteroatoms. The maximum Gasteiger partial charge on any atom is 0.326 e. The number of benzene rings is 3. The van der Waals surface area contributed by atoms with E-state index >= 15 is 0 Å². The van der Waals surface area contributed by atoms with Crippen molar-refractivity contribution in [1.82, 2.24) is 14.1 Å². The van der Waals surface area contributed by atoms with Gasteiger partial charge >= 0.3 is 6.03 Å². The van der Waals surface area contributed by atoms with Crippen LogP contribution in [-0.4, -0.2) is 72.9 Å². The number of urea groups is 1. The van der Waals surface area contributed by atoms with Crippen LogP contribution in [0, 0.1) is 11.3 Å². The predicted molar refractivity (Wildman–Crippen MR) is 193 cm³/mol. The first-order valence-electron chi connectivity index (χ1n) is 15.3. The van der Waals surface area contributed by atoms with Crippen LogP contribution in [0.15, 0.2) is 65.7 Å². The maximum absolute atomic E-state index is 14.8. The second-order valence-corrected chi connectivity index (χ2v) is 15.4. The van der Waals surface area contributed by atoms with Gasteiger partial charge in [0, 0.05) is 41.2 Å². The lowest BCUT2D eigenvalue weighted by atomic mass is 9.85. The molecular formula is C35H40Cl3N5O4S. The molecule has 0 saturated carbocycles. The van der Waals surface area contributed by atoms with Gasteiger partial charge in [-0.3, -0.25) is 9.89 Å². The van der Waals surface area contributed by atoms with Gasteiger partial charge in [0.15, 0.2) is 0 Å². The molecule has 2 atom stereocenters. The lowest BCUT2D eigenvalue weighted by molar-refractivity contribution is 0.143. The summed E-state index contributed by atoms with van der Waals surface area (Å²) >= 11 is 19.4. The number of carbonyl (C=O) groups excluding carboxylic acids is 1. The Hall–Kier alpha value is -3.33. The highest BCUT2D eigenvalue weighted by molar-refractivity contribution is 7.89. The molecule has 0 spiro atoms. The first-order valence-corrected chi connectivity index (χ1v) is 18.1. The molecule has 0 aromatic heterocycles. The zero-order valence-electron chi connectivity index (χ0n) is 26.6. The minimum atomic E-state index is -3.40. The van der Waals surface area contributed by atoms with E-state index in [0.29, 0.717) is 44.4 Å². The molecule has 3 aromatic carbocycles. The molecule has 0 unspecified atom stereocenters. The highest BCUT2D eigenvalue weighted by atomic mass is 35.5. The van der Waals surface area contributed by atoms with Crippen LogP contribution < -0.4 is 4.74 Å². The van der Waals surface area contributed by atoms with Crippen LogP contribution in [0.3, 0.4) is 0 Å². The molecule has 1 saturated heterocycles. The Kier molecular flexibility index (Phi) is 11.8. The van der Waals surface area contributed by atoms with Crippen molar-refractivity contribution in [3.63, 3.8) is 0 Å². The van der Waals surface area contributed by atoms with E-state index in [0.717, 1.165) is 11.1 Å². The van der Waals surface area contributed by atoms with Crippen LogP contribution in [0.1, 0.15) is 69.5 Å².